The van der Waals surface area contributed by atoms with E-state index in [2.05, 4.69) is 6.58 Å². The van der Waals surface area contributed by atoms with Crippen molar-refractivity contribution in [2.75, 3.05) is 6.54 Å². The summed E-state index contributed by atoms with van der Waals surface area (Å²) in [6.45, 7) is 5.95. The normalized spacial score (nSPS) is 11.1. The summed E-state index contributed by atoms with van der Waals surface area (Å²) in [4.78, 5) is 9.38. The lowest BCUT2D eigenvalue weighted by Crippen LogP contribution is -2.25. The third kappa shape index (κ3) is 3.19. The van der Waals surface area contributed by atoms with Crippen molar-refractivity contribution in [1.29, 1.82) is 0 Å². The van der Waals surface area contributed by atoms with Gasteiger partial charge in [0, 0.05) is 10.5 Å². The van der Waals surface area contributed by atoms with Crippen molar-refractivity contribution in [1.82, 2.24) is 0 Å². The highest BCUT2D eigenvalue weighted by molar-refractivity contribution is 5.07. The first kappa shape index (κ1) is 9.10. The number of nitrogens with zero attached hydrogens (tertiary/aromatic N) is 1. The fourth-order valence-corrected chi connectivity index (χ4v) is 0.349. The van der Waals surface area contributed by atoms with Gasteiger partial charge in [0.15, 0.2) is 0 Å². The topological polar surface area (TPSA) is 63.4 Å². The Morgan fingerprint density at radius 2 is 2.20 bits per heavy atom. The molecular weight excluding hydrogens is 134 g/mol. The largest absolute Gasteiger partial charge is 0.386 e. The Morgan fingerprint density at radius 1 is 1.80 bits per heavy atom. The van der Waals surface area contributed by atoms with Gasteiger partial charge in [-0.25, -0.2) is 0 Å². The Kier molecular flexibility index (Phi) is 2.54. The van der Waals surface area contributed by atoms with Crippen LogP contribution in [0.4, 0.5) is 0 Å². The zero-order valence-electron chi connectivity index (χ0n) is 6.13. The second-order valence-corrected chi connectivity index (χ2v) is 2.65. The first-order valence-electron chi connectivity index (χ1n) is 2.86. The molecule has 0 aromatic heterocycles. The van der Waals surface area contributed by atoms with E-state index in [1.165, 1.54) is 13.8 Å². The number of hydrogen-bond acceptors (Lipinski definition) is 3. The lowest BCUT2D eigenvalue weighted by atomic mass is 10.0. The van der Waals surface area contributed by atoms with Crippen LogP contribution in [0.3, 0.4) is 0 Å². The molecule has 1 N–H and O–H groups in total. The Labute approximate surface area is 59.3 Å². The van der Waals surface area contributed by atoms with E-state index in [9.17, 15) is 10.1 Å². The fourth-order valence-electron chi connectivity index (χ4n) is 0.349. The minimum absolute atomic E-state index is 0.220. The molecule has 0 aliphatic rings. The molecule has 0 atom stereocenters. The van der Waals surface area contributed by atoms with Gasteiger partial charge < -0.3 is 5.11 Å². The second kappa shape index (κ2) is 2.79. The Morgan fingerprint density at radius 3 is 2.30 bits per heavy atom. The van der Waals surface area contributed by atoms with E-state index in [1.807, 2.05) is 0 Å². The third-order valence-electron chi connectivity index (χ3n) is 1.19. The first-order valence-corrected chi connectivity index (χ1v) is 2.86. The quantitative estimate of drug-likeness (QED) is 0.359. The smallest absolute Gasteiger partial charge is 0.227 e. The van der Waals surface area contributed by atoms with Gasteiger partial charge in [0.05, 0.1) is 5.60 Å². The maximum atomic E-state index is 9.89. The van der Waals surface area contributed by atoms with Crippen LogP contribution in [0.1, 0.15) is 13.8 Å². The van der Waals surface area contributed by atoms with Crippen LogP contribution in [-0.4, -0.2) is 22.2 Å². The monoisotopic (exact) mass is 145 g/mol. The van der Waals surface area contributed by atoms with Gasteiger partial charge in [0.2, 0.25) is 6.54 Å². The van der Waals surface area contributed by atoms with Gasteiger partial charge in [0.25, 0.3) is 0 Å². The average molecular weight is 145 g/mol. The number of aliphatic hydroxyl groups is 1. The molecule has 0 aromatic rings. The molecule has 0 unspecified atom stereocenters. The molecule has 4 heteroatoms. The van der Waals surface area contributed by atoms with Crippen molar-refractivity contribution in [2.24, 2.45) is 0 Å². The molecule has 4 nitrogen and oxygen atoms in total. The van der Waals surface area contributed by atoms with Crippen LogP contribution in [0.2, 0.25) is 0 Å². The van der Waals surface area contributed by atoms with Crippen molar-refractivity contribution >= 4 is 0 Å². The molecule has 58 valence electrons. The lowest BCUT2D eigenvalue weighted by Gasteiger charge is -2.16. The Bertz CT molecular complexity index is 157. The van der Waals surface area contributed by atoms with E-state index in [1.54, 1.807) is 0 Å². The van der Waals surface area contributed by atoms with Crippen LogP contribution in [-0.2, 0) is 0 Å². The summed E-state index contributed by atoms with van der Waals surface area (Å²) >= 11 is 0. The van der Waals surface area contributed by atoms with E-state index < -0.39 is 10.5 Å². The van der Waals surface area contributed by atoms with Crippen molar-refractivity contribution in [3.8, 4) is 0 Å². The van der Waals surface area contributed by atoms with Crippen LogP contribution < -0.4 is 0 Å². The average Bonchev–Trinajstić information content (AvgIpc) is 1.60. The van der Waals surface area contributed by atoms with Gasteiger partial charge in [-0.05, 0) is 13.8 Å². The summed E-state index contributed by atoms with van der Waals surface area (Å²) in [6.07, 6.45) is 0. The lowest BCUT2D eigenvalue weighted by molar-refractivity contribution is -0.472. The molecule has 10 heavy (non-hydrogen) atoms. The van der Waals surface area contributed by atoms with Crippen molar-refractivity contribution in [3.05, 3.63) is 22.3 Å². The maximum absolute atomic E-state index is 9.89. The van der Waals surface area contributed by atoms with Gasteiger partial charge in [-0.1, -0.05) is 6.58 Å². The van der Waals surface area contributed by atoms with Gasteiger partial charge in [-0.2, -0.15) is 0 Å². The van der Waals surface area contributed by atoms with E-state index in [0.29, 0.717) is 0 Å². The third-order valence-corrected chi connectivity index (χ3v) is 1.19. The minimum atomic E-state index is -1.15. The molecule has 0 rings (SSSR count). The molecule has 0 saturated heterocycles. The van der Waals surface area contributed by atoms with Crippen LogP contribution in [0, 0.1) is 10.1 Å². The van der Waals surface area contributed by atoms with Crippen LogP contribution in [0.15, 0.2) is 12.2 Å². The van der Waals surface area contributed by atoms with Crippen molar-refractivity contribution in [2.45, 2.75) is 19.4 Å². The molecule has 0 fully saturated rings. The molecule has 0 aliphatic carbocycles. The van der Waals surface area contributed by atoms with E-state index in [0.717, 1.165) is 0 Å². The summed E-state index contributed by atoms with van der Waals surface area (Å²) in [6, 6.07) is 0. The predicted octanol–water partition coefficient (Wildman–Crippen LogP) is 0.590. The summed E-state index contributed by atoms with van der Waals surface area (Å²) in [5, 5.41) is 19.0. The number of nitro groups is 1. The van der Waals surface area contributed by atoms with Crippen molar-refractivity contribution < 1.29 is 10.0 Å². The highest BCUT2D eigenvalue weighted by Crippen LogP contribution is 2.12. The zero-order chi connectivity index (χ0) is 8.36. The first-order chi connectivity index (χ1) is 4.34. The van der Waals surface area contributed by atoms with Gasteiger partial charge in [-0.3, -0.25) is 10.1 Å². The van der Waals surface area contributed by atoms with Gasteiger partial charge in [0.1, 0.15) is 0 Å². The van der Waals surface area contributed by atoms with E-state index in [-0.39, 0.29) is 12.1 Å². The minimum Gasteiger partial charge on any atom is -0.386 e. The highest BCUT2D eigenvalue weighted by Gasteiger charge is 2.20. The molecule has 0 heterocycles. The highest BCUT2D eigenvalue weighted by atomic mass is 16.6. The number of rotatable bonds is 3. The Hall–Kier alpha value is -0.900. The van der Waals surface area contributed by atoms with E-state index >= 15 is 0 Å². The molecule has 0 saturated carbocycles. The standard InChI is InChI=1S/C6H11NO3/c1-5(4-7(9)10)6(2,3)8/h8H,1,4H2,2-3H3. The van der Waals surface area contributed by atoms with Crippen LogP contribution >= 0.6 is 0 Å². The predicted molar refractivity (Wildman–Crippen MR) is 37.3 cm³/mol. The zero-order valence-corrected chi connectivity index (χ0v) is 6.13. The van der Waals surface area contributed by atoms with Gasteiger partial charge >= 0.3 is 0 Å². The van der Waals surface area contributed by atoms with Crippen molar-refractivity contribution in [3.63, 3.8) is 0 Å². The summed E-state index contributed by atoms with van der Waals surface area (Å²) < 4.78 is 0. The maximum Gasteiger partial charge on any atom is 0.227 e. The van der Waals surface area contributed by atoms with Gasteiger partial charge in [-0.15, -0.1) is 0 Å². The molecule has 0 aromatic carbocycles. The fraction of sp³-hybridized carbons (Fsp3) is 0.667. The number of hydrogen-bond donors (Lipinski definition) is 1. The second-order valence-electron chi connectivity index (χ2n) is 2.65. The SMILES string of the molecule is C=C(C[N+](=O)[O-])C(C)(C)O. The van der Waals surface area contributed by atoms with Crippen LogP contribution in [0.25, 0.3) is 0 Å². The van der Waals surface area contributed by atoms with E-state index in [4.69, 9.17) is 5.11 Å². The molecule has 0 radical (unpaired) electrons. The summed E-state index contributed by atoms with van der Waals surface area (Å²) in [7, 11) is 0. The summed E-state index contributed by atoms with van der Waals surface area (Å²) in [5.74, 6) is 0. The molecule has 0 spiro atoms. The Balaban J connectivity index is 3.99. The molecule has 0 bridgehead atoms. The molecule has 0 aliphatic heterocycles. The summed E-state index contributed by atoms with van der Waals surface area (Å²) in [5.41, 5.74) is -0.926. The molecule has 0 amide bonds. The molecular formula is C6H11NO3. The van der Waals surface area contributed by atoms with Crippen LogP contribution in [0.5, 0.6) is 0 Å².